The number of nitrogens with one attached hydrogen (secondary N) is 2. The van der Waals surface area contributed by atoms with Crippen LogP contribution in [0.2, 0.25) is 0 Å². The van der Waals surface area contributed by atoms with E-state index in [1.807, 2.05) is 31.3 Å². The molecule has 1 aromatic heterocycles. The maximum atomic E-state index is 11.7. The van der Waals surface area contributed by atoms with Crippen molar-refractivity contribution in [2.24, 2.45) is 5.73 Å². The van der Waals surface area contributed by atoms with Gasteiger partial charge in [0.1, 0.15) is 0 Å². The lowest BCUT2D eigenvalue weighted by atomic mass is 10.1. The van der Waals surface area contributed by atoms with Crippen LogP contribution in [-0.4, -0.2) is 23.5 Å². The number of nitrogens with two attached hydrogens (primary N) is 1. The van der Waals surface area contributed by atoms with Crippen LogP contribution in [0, 0.1) is 0 Å². The average molecular weight is 245 g/mol. The Labute approximate surface area is 107 Å². The number of benzene rings is 1. The number of aromatic amines is 1. The molecule has 0 aliphatic rings. The summed E-state index contributed by atoms with van der Waals surface area (Å²) in [4.78, 5) is 14.9. The minimum Gasteiger partial charge on any atom is -0.361 e. The molecule has 0 aliphatic heterocycles. The van der Waals surface area contributed by atoms with Gasteiger partial charge in [0.05, 0.1) is 0 Å². The van der Waals surface area contributed by atoms with E-state index in [0.29, 0.717) is 13.0 Å². The Balaban J connectivity index is 1.96. The lowest BCUT2D eigenvalue weighted by molar-refractivity contribution is -0.121. The SMILES string of the molecule is C[C@H](CN)NC(=O)CCc1c[nH]c2ccccc12. The third-order valence-corrected chi connectivity index (χ3v) is 3.06. The van der Waals surface area contributed by atoms with Gasteiger partial charge in [0.2, 0.25) is 5.91 Å². The van der Waals surface area contributed by atoms with Gasteiger partial charge in [-0.1, -0.05) is 18.2 Å². The van der Waals surface area contributed by atoms with Gasteiger partial charge >= 0.3 is 0 Å². The van der Waals surface area contributed by atoms with Gasteiger partial charge in [-0.25, -0.2) is 0 Å². The molecule has 1 amide bonds. The van der Waals surface area contributed by atoms with Crippen molar-refractivity contribution in [3.8, 4) is 0 Å². The van der Waals surface area contributed by atoms with E-state index in [1.54, 1.807) is 0 Å². The average Bonchev–Trinajstić information content (AvgIpc) is 2.79. The number of fused-ring (bicyclic) bond motifs is 1. The molecule has 0 radical (unpaired) electrons. The molecule has 4 heteroatoms. The van der Waals surface area contributed by atoms with Crippen molar-refractivity contribution in [1.82, 2.24) is 10.3 Å². The number of rotatable bonds is 5. The number of carbonyl (C=O) groups is 1. The number of amides is 1. The molecule has 1 heterocycles. The van der Waals surface area contributed by atoms with E-state index in [9.17, 15) is 4.79 Å². The number of hydrogen-bond donors (Lipinski definition) is 3. The lowest BCUT2D eigenvalue weighted by Gasteiger charge is -2.10. The second kappa shape index (κ2) is 5.69. The smallest absolute Gasteiger partial charge is 0.220 e. The monoisotopic (exact) mass is 245 g/mol. The number of aromatic nitrogens is 1. The lowest BCUT2D eigenvalue weighted by Crippen LogP contribution is -2.37. The van der Waals surface area contributed by atoms with Crippen LogP contribution >= 0.6 is 0 Å². The first-order chi connectivity index (χ1) is 8.70. The van der Waals surface area contributed by atoms with Crippen LogP contribution in [-0.2, 0) is 11.2 Å². The Morgan fingerprint density at radius 2 is 2.22 bits per heavy atom. The third-order valence-electron chi connectivity index (χ3n) is 3.06. The predicted octanol–water partition coefficient (Wildman–Crippen LogP) is 1.56. The van der Waals surface area contributed by atoms with Crippen molar-refractivity contribution >= 4 is 16.8 Å². The highest BCUT2D eigenvalue weighted by molar-refractivity contribution is 5.84. The van der Waals surface area contributed by atoms with Gasteiger partial charge < -0.3 is 16.0 Å². The quantitative estimate of drug-likeness (QED) is 0.748. The Hall–Kier alpha value is -1.81. The van der Waals surface area contributed by atoms with Gasteiger partial charge in [0.15, 0.2) is 0 Å². The summed E-state index contributed by atoms with van der Waals surface area (Å²) in [6.07, 6.45) is 3.21. The first-order valence-electron chi connectivity index (χ1n) is 6.25. The van der Waals surface area contributed by atoms with Crippen molar-refractivity contribution in [2.75, 3.05) is 6.54 Å². The molecule has 4 N–H and O–H groups in total. The van der Waals surface area contributed by atoms with Gasteiger partial charge in [0, 0.05) is 36.1 Å². The zero-order valence-corrected chi connectivity index (χ0v) is 10.6. The molecule has 2 rings (SSSR count). The standard InChI is InChI=1S/C14H19N3O/c1-10(8-15)17-14(18)7-6-11-9-16-13-5-3-2-4-12(11)13/h2-5,9-10,16H,6-8,15H2,1H3,(H,17,18)/t10-/m1/s1. The zero-order chi connectivity index (χ0) is 13.0. The highest BCUT2D eigenvalue weighted by Crippen LogP contribution is 2.18. The van der Waals surface area contributed by atoms with Crippen LogP contribution in [0.15, 0.2) is 30.5 Å². The molecule has 18 heavy (non-hydrogen) atoms. The number of carbonyl (C=O) groups excluding carboxylic acids is 1. The summed E-state index contributed by atoms with van der Waals surface area (Å²) in [6, 6.07) is 8.16. The molecule has 1 aromatic carbocycles. The number of para-hydroxylation sites is 1. The molecule has 1 atom stereocenters. The Bertz CT molecular complexity index is 533. The number of hydrogen-bond acceptors (Lipinski definition) is 2. The van der Waals surface area contributed by atoms with Gasteiger partial charge in [0.25, 0.3) is 0 Å². The van der Waals surface area contributed by atoms with Crippen LogP contribution < -0.4 is 11.1 Å². The summed E-state index contributed by atoms with van der Waals surface area (Å²) in [5.41, 5.74) is 7.76. The largest absolute Gasteiger partial charge is 0.361 e. The molecule has 2 aromatic rings. The summed E-state index contributed by atoms with van der Waals surface area (Å²) in [7, 11) is 0. The van der Waals surface area contributed by atoms with Crippen molar-refractivity contribution in [3.05, 3.63) is 36.0 Å². The third kappa shape index (κ3) is 2.90. The van der Waals surface area contributed by atoms with Crippen molar-refractivity contribution in [2.45, 2.75) is 25.8 Å². The second-order valence-electron chi connectivity index (χ2n) is 4.56. The molecule has 0 saturated heterocycles. The summed E-state index contributed by atoms with van der Waals surface area (Å²) >= 11 is 0. The Morgan fingerprint density at radius 3 is 3.00 bits per heavy atom. The molecule has 0 unspecified atom stereocenters. The first kappa shape index (κ1) is 12.6. The number of H-pyrrole nitrogens is 1. The van der Waals surface area contributed by atoms with Crippen LogP contribution in [0.5, 0.6) is 0 Å². The van der Waals surface area contributed by atoms with E-state index >= 15 is 0 Å². The van der Waals surface area contributed by atoms with E-state index in [0.717, 1.165) is 11.9 Å². The summed E-state index contributed by atoms with van der Waals surface area (Å²) in [5, 5.41) is 4.06. The first-order valence-corrected chi connectivity index (χ1v) is 6.25. The molecule has 0 spiro atoms. The van der Waals surface area contributed by atoms with E-state index in [2.05, 4.69) is 16.4 Å². The van der Waals surface area contributed by atoms with E-state index in [-0.39, 0.29) is 11.9 Å². The zero-order valence-electron chi connectivity index (χ0n) is 10.6. The highest BCUT2D eigenvalue weighted by atomic mass is 16.1. The summed E-state index contributed by atoms with van der Waals surface area (Å²) in [6.45, 7) is 2.38. The normalized spacial score (nSPS) is 12.6. The van der Waals surface area contributed by atoms with Gasteiger partial charge in [-0.3, -0.25) is 4.79 Å². The van der Waals surface area contributed by atoms with Crippen LogP contribution in [0.1, 0.15) is 18.9 Å². The molecule has 96 valence electrons. The second-order valence-corrected chi connectivity index (χ2v) is 4.56. The fourth-order valence-electron chi connectivity index (χ4n) is 1.99. The fourth-order valence-corrected chi connectivity index (χ4v) is 1.99. The van der Waals surface area contributed by atoms with E-state index < -0.39 is 0 Å². The molecule has 4 nitrogen and oxygen atoms in total. The van der Waals surface area contributed by atoms with Crippen molar-refractivity contribution < 1.29 is 4.79 Å². The van der Waals surface area contributed by atoms with Crippen LogP contribution in [0.25, 0.3) is 10.9 Å². The molecule has 0 fully saturated rings. The molecule has 0 bridgehead atoms. The van der Waals surface area contributed by atoms with Crippen LogP contribution in [0.4, 0.5) is 0 Å². The molecule has 0 saturated carbocycles. The topological polar surface area (TPSA) is 70.9 Å². The fraction of sp³-hybridized carbons (Fsp3) is 0.357. The molecular weight excluding hydrogens is 226 g/mol. The highest BCUT2D eigenvalue weighted by Gasteiger charge is 2.08. The maximum Gasteiger partial charge on any atom is 0.220 e. The minimum atomic E-state index is 0.0421. The summed E-state index contributed by atoms with van der Waals surface area (Å²) in [5.74, 6) is 0.0539. The molecular formula is C14H19N3O. The molecule has 0 aliphatic carbocycles. The minimum absolute atomic E-state index is 0.0421. The Kier molecular flexibility index (Phi) is 3.99. The maximum absolute atomic E-state index is 11.7. The van der Waals surface area contributed by atoms with Gasteiger partial charge in [-0.05, 0) is 25.0 Å². The van der Waals surface area contributed by atoms with E-state index in [1.165, 1.54) is 10.9 Å². The Morgan fingerprint density at radius 1 is 1.44 bits per heavy atom. The van der Waals surface area contributed by atoms with Crippen LogP contribution in [0.3, 0.4) is 0 Å². The number of aryl methyl sites for hydroxylation is 1. The van der Waals surface area contributed by atoms with Crippen molar-refractivity contribution in [1.29, 1.82) is 0 Å². The van der Waals surface area contributed by atoms with E-state index in [4.69, 9.17) is 5.73 Å². The van der Waals surface area contributed by atoms with Gasteiger partial charge in [-0.2, -0.15) is 0 Å². The summed E-state index contributed by atoms with van der Waals surface area (Å²) < 4.78 is 0. The van der Waals surface area contributed by atoms with Gasteiger partial charge in [-0.15, -0.1) is 0 Å². The van der Waals surface area contributed by atoms with Crippen molar-refractivity contribution in [3.63, 3.8) is 0 Å². The predicted molar refractivity (Wildman–Crippen MR) is 73.3 cm³/mol.